The molecule has 9 nitrogen and oxygen atoms in total. The van der Waals surface area contributed by atoms with E-state index in [9.17, 15) is 18.0 Å². The molecule has 0 saturated heterocycles. The smallest absolute Gasteiger partial charge is 0.264 e. The van der Waals surface area contributed by atoms with Gasteiger partial charge in [0, 0.05) is 41.2 Å². The van der Waals surface area contributed by atoms with Gasteiger partial charge >= 0.3 is 0 Å². The first-order chi connectivity index (χ1) is 23.5. The molecule has 1 N–H and O–H groups in total. The Bertz CT molecular complexity index is 1820. The number of hydrogen-bond donors (Lipinski definition) is 1. The summed E-state index contributed by atoms with van der Waals surface area (Å²) < 4.78 is 40.6. The molecular weight excluding hydrogens is 685 g/mol. The quantitative estimate of drug-likeness (QED) is 0.124. The highest BCUT2D eigenvalue weighted by Gasteiger charge is 2.35. The molecule has 0 radical (unpaired) electrons. The van der Waals surface area contributed by atoms with Gasteiger partial charge in [-0.25, -0.2) is 8.42 Å². The van der Waals surface area contributed by atoms with Crippen LogP contribution in [0.15, 0.2) is 95.9 Å². The fourth-order valence-corrected chi connectivity index (χ4v) is 7.20. The number of sulfonamides is 1. The number of halogens is 2. The second-order valence-electron chi connectivity index (χ2n) is 11.4. The third kappa shape index (κ3) is 9.47. The third-order valence-corrected chi connectivity index (χ3v) is 10.5. The fraction of sp³-hybridized carbons (Fsp3) is 0.297. The molecule has 1 unspecified atom stereocenters. The van der Waals surface area contributed by atoms with Crippen molar-refractivity contribution in [3.63, 3.8) is 0 Å². The number of hydrogen-bond acceptors (Lipinski definition) is 6. The van der Waals surface area contributed by atoms with Gasteiger partial charge in [-0.3, -0.25) is 13.9 Å². The number of nitrogens with zero attached hydrogens (tertiary/aromatic N) is 2. The maximum absolute atomic E-state index is 14.7. The van der Waals surface area contributed by atoms with Crippen LogP contribution in [0.25, 0.3) is 0 Å². The molecule has 0 fully saturated rings. The van der Waals surface area contributed by atoms with Gasteiger partial charge in [0.25, 0.3) is 10.0 Å². The minimum atomic E-state index is -4.37. The summed E-state index contributed by atoms with van der Waals surface area (Å²) in [6, 6.07) is 24.3. The number of nitrogens with one attached hydrogen (secondary N) is 1. The van der Waals surface area contributed by atoms with Crippen molar-refractivity contribution in [3.05, 3.63) is 118 Å². The Balaban J connectivity index is 1.84. The Morgan fingerprint density at radius 1 is 0.857 bits per heavy atom. The van der Waals surface area contributed by atoms with Gasteiger partial charge in [0.1, 0.15) is 12.6 Å². The molecule has 0 aromatic heterocycles. The largest absolute Gasteiger partial charge is 0.493 e. The molecule has 49 heavy (non-hydrogen) atoms. The zero-order chi connectivity index (χ0) is 35.6. The summed E-state index contributed by atoms with van der Waals surface area (Å²) >= 11 is 13.2. The lowest BCUT2D eigenvalue weighted by Gasteiger charge is -2.34. The molecule has 0 saturated carbocycles. The molecule has 4 aromatic rings. The monoisotopic (exact) mass is 725 g/mol. The predicted octanol–water partition coefficient (Wildman–Crippen LogP) is 7.07. The van der Waals surface area contributed by atoms with Gasteiger partial charge in [0.2, 0.25) is 11.8 Å². The van der Waals surface area contributed by atoms with Gasteiger partial charge in [-0.05, 0) is 55.3 Å². The first-order valence-corrected chi connectivity index (χ1v) is 18.0. The molecular formula is C37H41Cl2N3O6S. The predicted molar refractivity (Wildman–Crippen MR) is 194 cm³/mol. The van der Waals surface area contributed by atoms with Gasteiger partial charge < -0.3 is 19.7 Å². The Hall–Kier alpha value is -4.25. The van der Waals surface area contributed by atoms with Crippen molar-refractivity contribution in [2.75, 3.05) is 31.6 Å². The van der Waals surface area contributed by atoms with Crippen LogP contribution in [0.4, 0.5) is 5.69 Å². The van der Waals surface area contributed by atoms with Gasteiger partial charge in [-0.15, -0.1) is 0 Å². The highest BCUT2D eigenvalue weighted by atomic mass is 35.5. The lowest BCUT2D eigenvalue weighted by Crippen LogP contribution is -2.53. The molecule has 0 aliphatic heterocycles. The van der Waals surface area contributed by atoms with E-state index in [1.54, 1.807) is 42.5 Å². The number of ether oxygens (including phenoxy) is 2. The van der Waals surface area contributed by atoms with Crippen LogP contribution in [0, 0.1) is 6.92 Å². The molecule has 0 bridgehead atoms. The van der Waals surface area contributed by atoms with Gasteiger partial charge in [0.05, 0.1) is 24.8 Å². The van der Waals surface area contributed by atoms with E-state index in [4.69, 9.17) is 32.7 Å². The van der Waals surface area contributed by atoms with E-state index in [1.807, 2.05) is 44.2 Å². The van der Waals surface area contributed by atoms with Crippen molar-refractivity contribution in [3.8, 4) is 11.5 Å². The number of carbonyl (C=O) groups is 2. The fourth-order valence-electron chi connectivity index (χ4n) is 5.26. The van der Waals surface area contributed by atoms with Crippen molar-refractivity contribution in [1.82, 2.24) is 10.2 Å². The Kier molecular flexibility index (Phi) is 13.4. The first-order valence-electron chi connectivity index (χ1n) is 15.9. The number of methoxy groups -OCH3 is 2. The molecule has 260 valence electrons. The van der Waals surface area contributed by atoms with E-state index in [-0.39, 0.29) is 35.2 Å². The van der Waals surface area contributed by atoms with E-state index in [0.29, 0.717) is 27.9 Å². The number of anilines is 1. The highest BCUT2D eigenvalue weighted by Crippen LogP contribution is 2.33. The van der Waals surface area contributed by atoms with Crippen molar-refractivity contribution >= 4 is 50.7 Å². The van der Waals surface area contributed by atoms with Crippen molar-refractivity contribution < 1.29 is 27.5 Å². The minimum Gasteiger partial charge on any atom is -0.493 e. The molecule has 4 aromatic carbocycles. The van der Waals surface area contributed by atoms with Gasteiger partial charge in [-0.1, -0.05) is 90.6 Å². The van der Waals surface area contributed by atoms with Crippen LogP contribution >= 0.6 is 23.2 Å². The lowest BCUT2D eigenvalue weighted by molar-refractivity contribution is -0.140. The molecule has 0 aliphatic rings. The first kappa shape index (κ1) is 37.6. The van der Waals surface area contributed by atoms with Crippen molar-refractivity contribution in [2.45, 2.75) is 50.6 Å². The van der Waals surface area contributed by atoms with Crippen molar-refractivity contribution in [1.29, 1.82) is 0 Å². The topological polar surface area (TPSA) is 105 Å². The standard InChI is InChI=1S/C37H41Cl2N3O6S/c1-5-6-21-40-37(44)33(22-27-11-8-7-9-12-27)41(24-30-31(38)13-10-14-32(30)39)36(43)25-42(28-17-15-26(2)16-18-28)49(45,46)29-19-20-34(47-3)35(23-29)48-4/h7-20,23,33H,5-6,21-22,24-25H2,1-4H3,(H,40,44). The number of unbranched alkanes of at least 4 members (excludes halogenated alkanes) is 1. The van der Waals surface area contributed by atoms with Crippen LogP contribution in [-0.2, 0) is 32.6 Å². The zero-order valence-corrected chi connectivity index (χ0v) is 30.3. The zero-order valence-electron chi connectivity index (χ0n) is 28.0. The van der Waals surface area contributed by atoms with Crippen LogP contribution in [0.1, 0.15) is 36.5 Å². The second-order valence-corrected chi connectivity index (χ2v) is 14.1. The minimum absolute atomic E-state index is 0.114. The van der Waals surface area contributed by atoms with Crippen molar-refractivity contribution in [2.24, 2.45) is 0 Å². The Morgan fingerprint density at radius 3 is 2.12 bits per heavy atom. The molecule has 1 atom stereocenters. The number of amides is 2. The normalized spacial score (nSPS) is 11.8. The van der Waals surface area contributed by atoms with Crippen LogP contribution in [0.5, 0.6) is 11.5 Å². The maximum Gasteiger partial charge on any atom is 0.264 e. The SMILES string of the molecule is CCCCNC(=O)C(Cc1ccccc1)N(Cc1c(Cl)cccc1Cl)C(=O)CN(c1ccc(C)cc1)S(=O)(=O)c1ccc(OC)c(OC)c1. The van der Waals surface area contributed by atoms with E-state index in [1.165, 1.54) is 37.3 Å². The average Bonchev–Trinajstić information content (AvgIpc) is 3.10. The molecule has 2 amide bonds. The molecule has 12 heteroatoms. The van der Waals surface area contributed by atoms with E-state index < -0.39 is 28.5 Å². The van der Waals surface area contributed by atoms with Gasteiger partial charge in [0.15, 0.2) is 11.5 Å². The lowest BCUT2D eigenvalue weighted by atomic mass is 10.0. The van der Waals surface area contributed by atoms with E-state index in [2.05, 4.69) is 5.32 Å². The summed E-state index contributed by atoms with van der Waals surface area (Å²) in [5, 5.41) is 3.59. The summed E-state index contributed by atoms with van der Waals surface area (Å²) in [4.78, 5) is 29.9. The molecule has 0 heterocycles. The van der Waals surface area contributed by atoms with Crippen LogP contribution < -0.4 is 19.1 Å². The number of rotatable bonds is 16. The summed E-state index contributed by atoms with van der Waals surface area (Å²) in [5.41, 5.74) is 2.41. The number of aryl methyl sites for hydroxylation is 1. The Labute approximate surface area is 298 Å². The third-order valence-electron chi connectivity index (χ3n) is 8.03. The van der Waals surface area contributed by atoms with Gasteiger partial charge in [-0.2, -0.15) is 0 Å². The summed E-state index contributed by atoms with van der Waals surface area (Å²) in [7, 11) is -1.51. The summed E-state index contributed by atoms with van der Waals surface area (Å²) in [5.74, 6) is -0.453. The summed E-state index contributed by atoms with van der Waals surface area (Å²) in [6.07, 6.45) is 1.78. The van der Waals surface area contributed by atoms with E-state index in [0.717, 1.165) is 28.3 Å². The number of carbonyl (C=O) groups excluding carboxylic acids is 2. The van der Waals surface area contributed by atoms with Crippen LogP contribution in [0.3, 0.4) is 0 Å². The second kappa shape index (κ2) is 17.4. The average molecular weight is 727 g/mol. The summed E-state index contributed by atoms with van der Waals surface area (Å²) in [6.45, 7) is 3.53. The van der Waals surface area contributed by atoms with E-state index >= 15 is 0 Å². The molecule has 0 aliphatic carbocycles. The Morgan fingerprint density at radius 2 is 1.51 bits per heavy atom. The van der Waals surface area contributed by atoms with Crippen LogP contribution in [0.2, 0.25) is 10.0 Å². The number of benzene rings is 4. The van der Waals surface area contributed by atoms with Crippen LogP contribution in [-0.4, -0.2) is 58.5 Å². The molecule has 0 spiro atoms. The maximum atomic E-state index is 14.7. The highest BCUT2D eigenvalue weighted by molar-refractivity contribution is 7.92. The molecule has 4 rings (SSSR count).